The lowest BCUT2D eigenvalue weighted by Crippen LogP contribution is -1.97. The van der Waals surface area contributed by atoms with Crippen LogP contribution in [0, 0.1) is 13.8 Å². The van der Waals surface area contributed by atoms with E-state index in [0.29, 0.717) is 0 Å². The van der Waals surface area contributed by atoms with Gasteiger partial charge in [0.05, 0.1) is 19.0 Å². The van der Waals surface area contributed by atoms with Crippen LogP contribution < -0.4 is 4.74 Å². The van der Waals surface area contributed by atoms with E-state index in [1.54, 1.807) is 17.8 Å². The van der Waals surface area contributed by atoms with Gasteiger partial charge in [0.15, 0.2) is 5.65 Å². The molecular weight excluding hydrogens is 318 g/mol. The fourth-order valence-electron chi connectivity index (χ4n) is 2.15. The number of hydrogen-bond donors (Lipinski definition) is 0. The smallest absolute Gasteiger partial charge is 0.154 e. The summed E-state index contributed by atoms with van der Waals surface area (Å²) < 4.78 is 8.08. The van der Waals surface area contributed by atoms with Gasteiger partial charge in [-0.15, -0.1) is 0 Å². The van der Waals surface area contributed by atoms with E-state index in [4.69, 9.17) is 4.74 Å². The van der Waals surface area contributed by atoms with E-state index in [0.717, 1.165) is 27.3 Å². The van der Waals surface area contributed by atoms with Crippen LogP contribution in [0.25, 0.3) is 16.9 Å². The number of aromatic nitrogens is 3. The minimum atomic E-state index is 0.809. The standard InChI is InChI=1S/C15H14BrN3O/c1-9-6-11(13(20-3)7-10(9)2)12-4-5-15-17-8-14(16)19(15)18-12/h4-8H,1-3H3. The van der Waals surface area contributed by atoms with Gasteiger partial charge in [-0.05, 0) is 65.2 Å². The maximum absolute atomic E-state index is 5.48. The molecule has 4 nitrogen and oxygen atoms in total. The quantitative estimate of drug-likeness (QED) is 0.717. The van der Waals surface area contributed by atoms with Crippen molar-refractivity contribution in [3.05, 3.63) is 46.2 Å². The van der Waals surface area contributed by atoms with E-state index in [1.807, 2.05) is 18.2 Å². The fraction of sp³-hybridized carbons (Fsp3) is 0.200. The fourth-order valence-corrected chi connectivity index (χ4v) is 2.51. The van der Waals surface area contributed by atoms with Crippen LogP contribution in [-0.4, -0.2) is 21.7 Å². The largest absolute Gasteiger partial charge is 0.496 e. The van der Waals surface area contributed by atoms with Gasteiger partial charge >= 0.3 is 0 Å². The number of methoxy groups -OCH3 is 1. The number of halogens is 1. The molecule has 0 aliphatic carbocycles. The molecule has 0 atom stereocenters. The molecule has 3 rings (SSSR count). The Morgan fingerprint density at radius 1 is 1.15 bits per heavy atom. The summed E-state index contributed by atoms with van der Waals surface area (Å²) in [6.07, 6.45) is 1.74. The number of ether oxygens (including phenoxy) is 1. The maximum atomic E-state index is 5.48. The first-order chi connectivity index (χ1) is 9.60. The van der Waals surface area contributed by atoms with Gasteiger partial charge in [0, 0.05) is 5.56 Å². The summed E-state index contributed by atoms with van der Waals surface area (Å²) in [4.78, 5) is 4.25. The van der Waals surface area contributed by atoms with Crippen LogP contribution in [0.5, 0.6) is 5.75 Å². The van der Waals surface area contributed by atoms with Gasteiger partial charge in [-0.1, -0.05) is 0 Å². The van der Waals surface area contributed by atoms with Crippen LogP contribution in [0.15, 0.2) is 35.1 Å². The Balaban J connectivity index is 2.24. The molecule has 0 bridgehead atoms. The van der Waals surface area contributed by atoms with Gasteiger partial charge in [-0.25, -0.2) is 9.50 Å². The summed E-state index contributed by atoms with van der Waals surface area (Å²) in [7, 11) is 1.68. The highest BCUT2D eigenvalue weighted by Gasteiger charge is 2.11. The highest BCUT2D eigenvalue weighted by molar-refractivity contribution is 9.10. The molecule has 0 fully saturated rings. The Morgan fingerprint density at radius 2 is 1.90 bits per heavy atom. The zero-order valence-electron chi connectivity index (χ0n) is 11.5. The first-order valence-corrected chi connectivity index (χ1v) is 7.05. The van der Waals surface area contributed by atoms with Crippen LogP contribution in [0.4, 0.5) is 0 Å². The minimum absolute atomic E-state index is 0.809. The summed E-state index contributed by atoms with van der Waals surface area (Å²) in [6, 6.07) is 8.05. The maximum Gasteiger partial charge on any atom is 0.154 e. The van der Waals surface area contributed by atoms with Crippen LogP contribution in [-0.2, 0) is 0 Å². The van der Waals surface area contributed by atoms with Gasteiger partial charge < -0.3 is 4.74 Å². The molecule has 1 aromatic carbocycles. The van der Waals surface area contributed by atoms with Crippen molar-refractivity contribution >= 4 is 21.6 Å². The Hall–Kier alpha value is -1.88. The molecule has 2 heterocycles. The van der Waals surface area contributed by atoms with Crippen molar-refractivity contribution in [2.45, 2.75) is 13.8 Å². The van der Waals surface area contributed by atoms with Crippen LogP contribution in [0.2, 0.25) is 0 Å². The van der Waals surface area contributed by atoms with Crippen molar-refractivity contribution < 1.29 is 4.74 Å². The number of fused-ring (bicyclic) bond motifs is 1. The predicted molar refractivity (Wildman–Crippen MR) is 82.1 cm³/mol. The lowest BCUT2D eigenvalue weighted by atomic mass is 10.0. The minimum Gasteiger partial charge on any atom is -0.496 e. The van der Waals surface area contributed by atoms with E-state index < -0.39 is 0 Å². The second kappa shape index (κ2) is 4.90. The van der Waals surface area contributed by atoms with Crippen molar-refractivity contribution in [1.82, 2.24) is 14.6 Å². The average molecular weight is 332 g/mol. The zero-order chi connectivity index (χ0) is 14.3. The number of nitrogens with zero attached hydrogens (tertiary/aromatic N) is 3. The molecule has 0 saturated heterocycles. The van der Waals surface area contributed by atoms with Crippen molar-refractivity contribution in [2.24, 2.45) is 0 Å². The summed E-state index contributed by atoms with van der Waals surface area (Å²) >= 11 is 3.44. The van der Waals surface area contributed by atoms with Gasteiger partial charge in [0.2, 0.25) is 0 Å². The van der Waals surface area contributed by atoms with Crippen molar-refractivity contribution in [3.8, 4) is 17.0 Å². The second-order valence-electron chi connectivity index (χ2n) is 4.71. The highest BCUT2D eigenvalue weighted by Crippen LogP contribution is 2.31. The van der Waals surface area contributed by atoms with E-state index in [2.05, 4.69) is 45.9 Å². The topological polar surface area (TPSA) is 39.4 Å². The molecule has 0 amide bonds. The van der Waals surface area contributed by atoms with Crippen molar-refractivity contribution in [1.29, 1.82) is 0 Å². The van der Waals surface area contributed by atoms with Crippen molar-refractivity contribution in [3.63, 3.8) is 0 Å². The van der Waals surface area contributed by atoms with Gasteiger partial charge in [0.25, 0.3) is 0 Å². The first kappa shape index (κ1) is 13.1. The molecule has 102 valence electrons. The van der Waals surface area contributed by atoms with Crippen LogP contribution in [0.3, 0.4) is 0 Å². The monoisotopic (exact) mass is 331 g/mol. The Morgan fingerprint density at radius 3 is 2.65 bits per heavy atom. The number of hydrogen-bond acceptors (Lipinski definition) is 3. The van der Waals surface area contributed by atoms with Gasteiger partial charge in [-0.3, -0.25) is 0 Å². The molecule has 0 spiro atoms. The molecule has 2 aromatic heterocycles. The third-order valence-corrected chi connectivity index (χ3v) is 3.95. The molecule has 3 aromatic rings. The lowest BCUT2D eigenvalue weighted by molar-refractivity contribution is 0.416. The first-order valence-electron chi connectivity index (χ1n) is 6.26. The molecule has 0 N–H and O–H groups in total. The normalized spacial score (nSPS) is 11.0. The predicted octanol–water partition coefficient (Wildman–Crippen LogP) is 3.78. The third kappa shape index (κ3) is 2.08. The van der Waals surface area contributed by atoms with E-state index in [1.165, 1.54) is 11.1 Å². The summed E-state index contributed by atoms with van der Waals surface area (Å²) in [6.45, 7) is 4.16. The van der Waals surface area contributed by atoms with Crippen molar-refractivity contribution in [2.75, 3.05) is 7.11 Å². The Kier molecular flexibility index (Phi) is 3.22. The molecule has 20 heavy (non-hydrogen) atoms. The number of imidazole rings is 1. The van der Waals surface area contributed by atoms with Gasteiger partial charge in [0.1, 0.15) is 10.4 Å². The SMILES string of the molecule is COc1cc(C)c(C)cc1-c1ccc2ncc(Br)n2n1. The highest BCUT2D eigenvalue weighted by atomic mass is 79.9. The Labute approximate surface area is 125 Å². The lowest BCUT2D eigenvalue weighted by Gasteiger charge is -2.11. The second-order valence-corrected chi connectivity index (χ2v) is 5.52. The average Bonchev–Trinajstić information content (AvgIpc) is 2.82. The zero-order valence-corrected chi connectivity index (χ0v) is 13.1. The Bertz CT molecular complexity index is 795. The molecule has 0 aliphatic heterocycles. The van der Waals surface area contributed by atoms with E-state index >= 15 is 0 Å². The molecule has 0 saturated carbocycles. The van der Waals surface area contributed by atoms with E-state index in [-0.39, 0.29) is 0 Å². The summed E-state index contributed by atoms with van der Waals surface area (Å²) in [5.74, 6) is 0.830. The molecule has 0 aliphatic rings. The number of rotatable bonds is 2. The van der Waals surface area contributed by atoms with Crippen LogP contribution in [0.1, 0.15) is 11.1 Å². The molecular formula is C15H14BrN3O. The summed E-state index contributed by atoms with van der Waals surface area (Å²) in [5, 5.41) is 4.61. The number of aryl methyl sites for hydroxylation is 2. The third-order valence-electron chi connectivity index (χ3n) is 3.41. The van der Waals surface area contributed by atoms with E-state index in [9.17, 15) is 0 Å². The summed E-state index contributed by atoms with van der Waals surface area (Å²) in [5.41, 5.74) is 5.07. The van der Waals surface area contributed by atoms with Crippen LogP contribution >= 0.6 is 15.9 Å². The number of benzene rings is 1. The molecule has 0 radical (unpaired) electrons. The molecule has 0 unspecified atom stereocenters. The molecule has 5 heteroatoms. The van der Waals surface area contributed by atoms with Gasteiger partial charge in [-0.2, -0.15) is 5.10 Å².